The molecule has 0 bridgehead atoms. The molecule has 0 fully saturated rings. The van der Waals surface area contributed by atoms with Crippen LogP contribution in [-0.4, -0.2) is 25.8 Å². The molecule has 21 heavy (non-hydrogen) atoms. The number of carboxylic acid groups (broad SMARTS) is 1. The molecule has 2 rings (SSSR count). The number of nitro benzene ring substituents is 1. The molecule has 1 aromatic carbocycles. The van der Waals surface area contributed by atoms with Crippen LogP contribution in [0.2, 0.25) is 5.02 Å². The second-order valence-corrected chi connectivity index (χ2v) is 4.60. The van der Waals surface area contributed by atoms with Crippen LogP contribution in [0.25, 0.3) is 0 Å². The monoisotopic (exact) mass is 311 g/mol. The number of aromatic nitrogens is 2. The molecule has 1 aromatic heterocycles. The predicted octanol–water partition coefficient (Wildman–Crippen LogP) is 2.78. The molecule has 0 saturated carbocycles. The molecule has 1 heterocycles. The number of aromatic carboxylic acids is 1. The van der Waals surface area contributed by atoms with Crippen molar-refractivity contribution in [1.82, 2.24) is 9.78 Å². The number of aryl methyl sites for hydroxylation is 2. The Bertz CT molecular complexity index is 741. The molecule has 0 unspecified atom stereocenters. The molecule has 0 spiro atoms. The summed E-state index contributed by atoms with van der Waals surface area (Å²) < 4.78 is 6.59. The van der Waals surface area contributed by atoms with Gasteiger partial charge in [0.25, 0.3) is 0 Å². The molecule has 0 aliphatic carbocycles. The Labute approximate surface area is 123 Å². The maximum Gasteiger partial charge on any atom is 0.343 e. The zero-order valence-corrected chi connectivity index (χ0v) is 11.8. The molecule has 0 saturated heterocycles. The van der Waals surface area contributed by atoms with Gasteiger partial charge in [0.2, 0.25) is 11.6 Å². The standard InChI is InChI=1S/C12H10ClN3O5/c1-6-10(12(17)18)11(15(2)14-6)21-9-4-3-7(13)5-8(9)16(19)20/h3-5H,1-2H3,(H,17,18). The van der Waals surface area contributed by atoms with Gasteiger partial charge in [-0.1, -0.05) is 11.6 Å². The van der Waals surface area contributed by atoms with Crippen LogP contribution < -0.4 is 4.74 Å². The van der Waals surface area contributed by atoms with E-state index in [0.717, 1.165) is 6.07 Å². The van der Waals surface area contributed by atoms with Crippen molar-refractivity contribution in [3.63, 3.8) is 0 Å². The maximum absolute atomic E-state index is 11.2. The van der Waals surface area contributed by atoms with Crippen molar-refractivity contribution in [1.29, 1.82) is 0 Å². The van der Waals surface area contributed by atoms with E-state index < -0.39 is 10.9 Å². The minimum Gasteiger partial charge on any atom is -0.477 e. The third kappa shape index (κ3) is 2.79. The summed E-state index contributed by atoms with van der Waals surface area (Å²) in [5.74, 6) is -1.44. The summed E-state index contributed by atoms with van der Waals surface area (Å²) in [6.07, 6.45) is 0. The molecule has 110 valence electrons. The van der Waals surface area contributed by atoms with Crippen molar-refractivity contribution >= 4 is 23.3 Å². The van der Waals surface area contributed by atoms with E-state index in [9.17, 15) is 20.0 Å². The molecule has 0 aliphatic rings. The number of hydrogen-bond donors (Lipinski definition) is 1. The molecule has 0 amide bonds. The average Bonchev–Trinajstić information content (AvgIpc) is 2.66. The van der Waals surface area contributed by atoms with Gasteiger partial charge in [0.15, 0.2) is 0 Å². The quantitative estimate of drug-likeness (QED) is 0.687. The molecule has 0 aliphatic heterocycles. The summed E-state index contributed by atoms with van der Waals surface area (Å²) in [7, 11) is 1.48. The Morgan fingerprint density at radius 3 is 2.76 bits per heavy atom. The molecule has 0 atom stereocenters. The highest BCUT2D eigenvalue weighted by Gasteiger charge is 2.24. The smallest absolute Gasteiger partial charge is 0.343 e. The topological polar surface area (TPSA) is 107 Å². The van der Waals surface area contributed by atoms with E-state index in [1.807, 2.05) is 0 Å². The molecule has 1 N–H and O–H groups in total. The van der Waals surface area contributed by atoms with Crippen LogP contribution in [0.4, 0.5) is 5.69 Å². The Balaban J connectivity index is 2.53. The Kier molecular flexibility index (Phi) is 3.81. The third-order valence-corrected chi connectivity index (χ3v) is 2.94. The summed E-state index contributed by atoms with van der Waals surface area (Å²) in [4.78, 5) is 21.6. The van der Waals surface area contributed by atoms with Gasteiger partial charge in [-0.15, -0.1) is 0 Å². The molecular weight excluding hydrogens is 302 g/mol. The number of ether oxygens (including phenoxy) is 1. The van der Waals surface area contributed by atoms with E-state index >= 15 is 0 Å². The van der Waals surface area contributed by atoms with E-state index in [1.54, 1.807) is 0 Å². The molecule has 9 heteroatoms. The summed E-state index contributed by atoms with van der Waals surface area (Å²) in [6.45, 7) is 1.51. The highest BCUT2D eigenvalue weighted by atomic mass is 35.5. The molecule has 8 nitrogen and oxygen atoms in total. The van der Waals surface area contributed by atoms with E-state index in [2.05, 4.69) is 5.10 Å². The maximum atomic E-state index is 11.2. The largest absolute Gasteiger partial charge is 0.477 e. The van der Waals surface area contributed by atoms with Gasteiger partial charge in [-0.3, -0.25) is 10.1 Å². The number of carbonyl (C=O) groups is 1. The van der Waals surface area contributed by atoms with Crippen molar-refractivity contribution in [2.75, 3.05) is 0 Å². The van der Waals surface area contributed by atoms with Gasteiger partial charge in [-0.25, -0.2) is 9.48 Å². The van der Waals surface area contributed by atoms with Gasteiger partial charge < -0.3 is 9.84 Å². The molecule has 0 radical (unpaired) electrons. The first-order chi connectivity index (χ1) is 9.81. The summed E-state index contributed by atoms with van der Waals surface area (Å²) >= 11 is 5.71. The van der Waals surface area contributed by atoms with Crippen molar-refractivity contribution in [3.05, 3.63) is 44.6 Å². The van der Waals surface area contributed by atoms with Gasteiger partial charge in [0.05, 0.1) is 10.6 Å². The van der Waals surface area contributed by atoms with Crippen LogP contribution in [-0.2, 0) is 7.05 Å². The summed E-state index contributed by atoms with van der Waals surface area (Å²) in [6, 6.07) is 3.84. The van der Waals surface area contributed by atoms with Crippen molar-refractivity contribution in [3.8, 4) is 11.6 Å². The fourth-order valence-corrected chi connectivity index (χ4v) is 1.99. The average molecular weight is 312 g/mol. The van der Waals surface area contributed by atoms with Gasteiger partial charge in [-0.05, 0) is 19.1 Å². The third-order valence-electron chi connectivity index (χ3n) is 2.71. The number of carboxylic acids is 1. The van der Waals surface area contributed by atoms with E-state index in [1.165, 1.54) is 30.8 Å². The first-order valence-corrected chi connectivity index (χ1v) is 6.07. The van der Waals surface area contributed by atoms with Crippen LogP contribution in [0.15, 0.2) is 18.2 Å². The predicted molar refractivity (Wildman–Crippen MR) is 73.1 cm³/mol. The second kappa shape index (κ2) is 5.41. The van der Waals surface area contributed by atoms with Crippen LogP contribution >= 0.6 is 11.6 Å². The van der Waals surface area contributed by atoms with Crippen molar-refractivity contribution in [2.24, 2.45) is 7.05 Å². The zero-order valence-electron chi connectivity index (χ0n) is 11.0. The van der Waals surface area contributed by atoms with Crippen molar-refractivity contribution < 1.29 is 19.6 Å². The number of rotatable bonds is 4. The van der Waals surface area contributed by atoms with Crippen LogP contribution in [0.3, 0.4) is 0 Å². The Morgan fingerprint density at radius 1 is 1.52 bits per heavy atom. The number of halogens is 1. The number of nitro groups is 1. The second-order valence-electron chi connectivity index (χ2n) is 4.17. The normalized spacial score (nSPS) is 10.4. The first-order valence-electron chi connectivity index (χ1n) is 5.70. The lowest BCUT2D eigenvalue weighted by atomic mass is 10.2. The fraction of sp³-hybridized carbons (Fsp3) is 0.167. The SMILES string of the molecule is Cc1nn(C)c(Oc2ccc(Cl)cc2[N+](=O)[O-])c1C(=O)O. The molecular formula is C12H10ClN3O5. The van der Waals surface area contributed by atoms with Crippen LogP contribution in [0.5, 0.6) is 11.6 Å². The highest BCUT2D eigenvalue weighted by molar-refractivity contribution is 6.30. The van der Waals surface area contributed by atoms with Crippen LogP contribution in [0, 0.1) is 17.0 Å². The lowest BCUT2D eigenvalue weighted by Gasteiger charge is -2.07. The zero-order chi connectivity index (χ0) is 15.7. The fourth-order valence-electron chi connectivity index (χ4n) is 1.82. The van der Waals surface area contributed by atoms with Gasteiger partial charge in [-0.2, -0.15) is 5.10 Å². The van der Waals surface area contributed by atoms with E-state index in [-0.39, 0.29) is 33.6 Å². The number of nitrogens with zero attached hydrogens (tertiary/aromatic N) is 3. The minimum absolute atomic E-state index is 0.0922. The molecule has 2 aromatic rings. The lowest BCUT2D eigenvalue weighted by molar-refractivity contribution is -0.385. The van der Waals surface area contributed by atoms with Gasteiger partial charge >= 0.3 is 11.7 Å². The number of benzene rings is 1. The van der Waals surface area contributed by atoms with Gasteiger partial charge in [0.1, 0.15) is 5.56 Å². The Hall–Kier alpha value is -2.61. The van der Waals surface area contributed by atoms with E-state index in [4.69, 9.17) is 16.3 Å². The Morgan fingerprint density at radius 2 is 2.19 bits per heavy atom. The van der Waals surface area contributed by atoms with Crippen LogP contribution in [0.1, 0.15) is 16.1 Å². The number of hydrogen-bond acceptors (Lipinski definition) is 5. The van der Waals surface area contributed by atoms with Gasteiger partial charge in [0, 0.05) is 18.1 Å². The minimum atomic E-state index is -1.23. The summed E-state index contributed by atoms with van der Waals surface area (Å²) in [5.41, 5.74) is -0.268. The summed E-state index contributed by atoms with van der Waals surface area (Å²) in [5, 5.41) is 24.3. The lowest BCUT2D eigenvalue weighted by Crippen LogP contribution is -2.03. The van der Waals surface area contributed by atoms with Crippen molar-refractivity contribution in [2.45, 2.75) is 6.92 Å². The first kappa shape index (κ1) is 14.8. The van der Waals surface area contributed by atoms with E-state index in [0.29, 0.717) is 0 Å². The highest BCUT2D eigenvalue weighted by Crippen LogP contribution is 2.35.